The summed E-state index contributed by atoms with van der Waals surface area (Å²) in [6.45, 7) is 0. The second-order valence-electron chi connectivity index (χ2n) is 3.32. The molecular formula is C12H6ClF2NO. The first-order chi connectivity index (χ1) is 8.09. The lowest BCUT2D eigenvalue weighted by molar-refractivity contribution is 0.108. The summed E-state index contributed by atoms with van der Waals surface area (Å²) >= 11 is 5.36. The van der Waals surface area contributed by atoms with Gasteiger partial charge < -0.3 is 0 Å². The van der Waals surface area contributed by atoms with Gasteiger partial charge in [0.2, 0.25) is 0 Å². The number of benzene rings is 1. The second-order valence-corrected chi connectivity index (χ2v) is 3.66. The van der Waals surface area contributed by atoms with Gasteiger partial charge in [0.05, 0.1) is 5.56 Å². The third-order valence-electron chi connectivity index (χ3n) is 2.25. The zero-order chi connectivity index (χ0) is 12.4. The number of halogens is 3. The van der Waals surface area contributed by atoms with E-state index in [1.165, 1.54) is 18.5 Å². The summed E-state index contributed by atoms with van der Waals surface area (Å²) < 4.78 is 26.6. The highest BCUT2D eigenvalue weighted by Gasteiger charge is 2.14. The van der Waals surface area contributed by atoms with Gasteiger partial charge in [0.15, 0.2) is 0 Å². The Morgan fingerprint density at radius 2 is 1.94 bits per heavy atom. The van der Waals surface area contributed by atoms with Crippen LogP contribution >= 0.6 is 11.6 Å². The van der Waals surface area contributed by atoms with Gasteiger partial charge in [-0.2, -0.15) is 0 Å². The maximum absolute atomic E-state index is 13.6. The van der Waals surface area contributed by atoms with Crippen LogP contribution in [0.25, 0.3) is 11.1 Å². The van der Waals surface area contributed by atoms with Crippen LogP contribution in [0, 0.1) is 11.6 Å². The maximum atomic E-state index is 13.6. The fourth-order valence-corrected chi connectivity index (χ4v) is 1.64. The van der Waals surface area contributed by atoms with Crippen molar-refractivity contribution in [2.75, 3.05) is 0 Å². The largest absolute Gasteiger partial charge is 0.276 e. The Morgan fingerprint density at radius 3 is 2.65 bits per heavy atom. The van der Waals surface area contributed by atoms with E-state index in [4.69, 9.17) is 11.6 Å². The first-order valence-electron chi connectivity index (χ1n) is 4.69. The highest BCUT2D eigenvalue weighted by molar-refractivity contribution is 6.68. The molecule has 0 fully saturated rings. The normalized spacial score (nSPS) is 10.3. The number of hydrogen-bond acceptors (Lipinski definition) is 2. The molecule has 1 aromatic heterocycles. The van der Waals surface area contributed by atoms with Crippen LogP contribution in [0.1, 0.15) is 10.4 Å². The summed E-state index contributed by atoms with van der Waals surface area (Å²) in [6, 6.07) is 4.41. The summed E-state index contributed by atoms with van der Waals surface area (Å²) in [6.07, 6.45) is 2.60. The monoisotopic (exact) mass is 253 g/mol. The lowest BCUT2D eigenvalue weighted by atomic mass is 10.0. The van der Waals surface area contributed by atoms with Gasteiger partial charge in [-0.1, -0.05) is 0 Å². The van der Waals surface area contributed by atoms with Crippen molar-refractivity contribution in [3.8, 4) is 11.1 Å². The molecule has 0 amide bonds. The van der Waals surface area contributed by atoms with Crippen LogP contribution in [0.3, 0.4) is 0 Å². The summed E-state index contributed by atoms with van der Waals surface area (Å²) in [4.78, 5) is 14.9. The summed E-state index contributed by atoms with van der Waals surface area (Å²) in [5.41, 5.74) is 0.243. The molecule has 1 heterocycles. The Balaban J connectivity index is 2.68. The van der Waals surface area contributed by atoms with Gasteiger partial charge in [0.25, 0.3) is 5.24 Å². The van der Waals surface area contributed by atoms with E-state index in [1.54, 1.807) is 0 Å². The van der Waals surface area contributed by atoms with E-state index in [1.807, 2.05) is 0 Å². The number of aromatic nitrogens is 1. The van der Waals surface area contributed by atoms with Crippen LogP contribution in [0.4, 0.5) is 8.78 Å². The quantitative estimate of drug-likeness (QED) is 0.768. The van der Waals surface area contributed by atoms with Gasteiger partial charge in [0, 0.05) is 18.0 Å². The number of nitrogens with zero attached hydrogens (tertiary/aromatic N) is 1. The lowest BCUT2D eigenvalue weighted by Gasteiger charge is -2.06. The minimum Gasteiger partial charge on any atom is -0.276 e. The SMILES string of the molecule is O=C(Cl)c1cnccc1-c1cc(F)ccc1F. The van der Waals surface area contributed by atoms with Crippen LogP contribution in [0.2, 0.25) is 0 Å². The first kappa shape index (κ1) is 11.7. The van der Waals surface area contributed by atoms with Crippen molar-refractivity contribution >= 4 is 16.8 Å². The highest BCUT2D eigenvalue weighted by Crippen LogP contribution is 2.27. The van der Waals surface area contributed by atoms with Crippen molar-refractivity contribution in [2.45, 2.75) is 0 Å². The van der Waals surface area contributed by atoms with E-state index in [2.05, 4.69) is 4.98 Å². The molecule has 1 aromatic carbocycles. The zero-order valence-corrected chi connectivity index (χ0v) is 9.21. The average molecular weight is 254 g/mol. The van der Waals surface area contributed by atoms with Crippen molar-refractivity contribution in [2.24, 2.45) is 0 Å². The summed E-state index contributed by atoms with van der Waals surface area (Å²) in [7, 11) is 0. The Morgan fingerprint density at radius 1 is 1.18 bits per heavy atom. The Kier molecular flexibility index (Phi) is 3.15. The Labute approximate surface area is 101 Å². The van der Waals surface area contributed by atoms with E-state index < -0.39 is 16.9 Å². The molecule has 0 radical (unpaired) electrons. The molecule has 0 saturated heterocycles. The predicted octanol–water partition coefficient (Wildman–Crippen LogP) is 3.41. The van der Waals surface area contributed by atoms with Crippen molar-refractivity contribution in [1.29, 1.82) is 0 Å². The third-order valence-corrected chi connectivity index (χ3v) is 2.46. The smallest absolute Gasteiger partial charge is 0.254 e. The molecule has 0 bridgehead atoms. The second kappa shape index (κ2) is 4.59. The number of pyridine rings is 1. The molecular weight excluding hydrogens is 248 g/mol. The predicted molar refractivity (Wildman–Crippen MR) is 59.8 cm³/mol. The molecule has 0 unspecified atom stereocenters. The fraction of sp³-hybridized carbons (Fsp3) is 0. The minimum atomic E-state index is -0.767. The molecule has 0 spiro atoms. The average Bonchev–Trinajstić information content (AvgIpc) is 2.32. The van der Waals surface area contributed by atoms with Gasteiger partial charge in [-0.15, -0.1) is 0 Å². The van der Waals surface area contributed by atoms with Crippen molar-refractivity contribution < 1.29 is 13.6 Å². The number of carbonyl (C=O) groups is 1. The van der Waals surface area contributed by atoms with Crippen molar-refractivity contribution in [3.63, 3.8) is 0 Å². The standard InChI is InChI=1S/C12H6ClF2NO/c13-12(17)10-6-16-4-3-8(10)9-5-7(14)1-2-11(9)15/h1-6H. The molecule has 2 rings (SSSR count). The molecule has 17 heavy (non-hydrogen) atoms. The van der Waals surface area contributed by atoms with Crippen LogP contribution in [-0.2, 0) is 0 Å². The van der Waals surface area contributed by atoms with Gasteiger partial charge in [-0.3, -0.25) is 9.78 Å². The summed E-state index contributed by atoms with van der Waals surface area (Å²) in [5, 5.41) is -0.767. The van der Waals surface area contributed by atoms with Crippen LogP contribution in [-0.4, -0.2) is 10.2 Å². The van der Waals surface area contributed by atoms with Crippen molar-refractivity contribution in [3.05, 3.63) is 53.9 Å². The van der Waals surface area contributed by atoms with E-state index in [0.717, 1.165) is 18.2 Å². The highest BCUT2D eigenvalue weighted by atomic mass is 35.5. The van der Waals surface area contributed by atoms with Crippen LogP contribution in [0.15, 0.2) is 36.7 Å². The number of hydrogen-bond donors (Lipinski definition) is 0. The molecule has 0 N–H and O–H groups in total. The molecule has 86 valence electrons. The number of carbonyl (C=O) groups excluding carboxylic acids is 1. The van der Waals surface area contributed by atoms with Crippen LogP contribution < -0.4 is 0 Å². The Hall–Kier alpha value is -1.81. The first-order valence-corrected chi connectivity index (χ1v) is 5.06. The lowest BCUT2D eigenvalue weighted by Crippen LogP contribution is -1.97. The topological polar surface area (TPSA) is 30.0 Å². The Bertz CT molecular complexity index is 586. The van der Waals surface area contributed by atoms with E-state index in [0.29, 0.717) is 0 Å². The molecule has 2 nitrogen and oxygen atoms in total. The molecule has 2 aromatic rings. The zero-order valence-electron chi connectivity index (χ0n) is 8.45. The molecule has 5 heteroatoms. The third kappa shape index (κ3) is 2.31. The molecule has 0 saturated carbocycles. The van der Waals surface area contributed by atoms with Crippen molar-refractivity contribution in [1.82, 2.24) is 4.98 Å². The fourth-order valence-electron chi connectivity index (χ4n) is 1.49. The molecule has 0 atom stereocenters. The van der Waals surface area contributed by atoms with E-state index in [-0.39, 0.29) is 16.7 Å². The van der Waals surface area contributed by atoms with E-state index >= 15 is 0 Å². The number of rotatable bonds is 2. The van der Waals surface area contributed by atoms with E-state index in [9.17, 15) is 13.6 Å². The maximum Gasteiger partial charge on any atom is 0.254 e. The summed E-state index contributed by atoms with van der Waals surface area (Å²) in [5.74, 6) is -1.22. The molecule has 0 aliphatic heterocycles. The minimum absolute atomic E-state index is 0.0172. The van der Waals surface area contributed by atoms with Gasteiger partial charge in [-0.25, -0.2) is 8.78 Å². The molecule has 0 aliphatic rings. The van der Waals surface area contributed by atoms with Crippen LogP contribution in [0.5, 0.6) is 0 Å². The molecule has 0 aliphatic carbocycles. The van der Waals surface area contributed by atoms with Gasteiger partial charge in [-0.05, 0) is 41.4 Å². The van der Waals surface area contributed by atoms with Gasteiger partial charge in [0.1, 0.15) is 11.6 Å². The van der Waals surface area contributed by atoms with Gasteiger partial charge >= 0.3 is 0 Å².